The predicted octanol–water partition coefficient (Wildman–Crippen LogP) is 3.68. The number of nitrogens with one attached hydrogen (secondary N) is 1. The molecule has 1 aromatic rings. The van der Waals surface area contributed by atoms with E-state index in [2.05, 4.69) is 5.32 Å². The van der Waals surface area contributed by atoms with Gasteiger partial charge in [0.05, 0.1) is 0 Å². The molecule has 0 heterocycles. The van der Waals surface area contributed by atoms with Gasteiger partial charge in [0.15, 0.2) is 5.78 Å². The van der Waals surface area contributed by atoms with Gasteiger partial charge in [-0.05, 0) is 49.8 Å². The highest BCUT2D eigenvalue weighted by Gasteiger charge is 2.43. The third-order valence-electron chi connectivity index (χ3n) is 4.12. The lowest BCUT2D eigenvalue weighted by Gasteiger charge is -2.38. The van der Waals surface area contributed by atoms with Gasteiger partial charge in [0.2, 0.25) is 0 Å². The van der Waals surface area contributed by atoms with Crippen molar-refractivity contribution in [3.63, 3.8) is 0 Å². The van der Waals surface area contributed by atoms with Gasteiger partial charge in [0, 0.05) is 14.1 Å². The normalized spacial score (nSPS) is 31.7. The SMILES string of the molecule is [2H]C1([2H])CCC[C@](NCC2CC2)(c2ccccc2Cl)C1=O. The second kappa shape index (κ2) is 5.26. The van der Waals surface area contributed by atoms with Crippen molar-refractivity contribution in [3.8, 4) is 0 Å². The predicted molar refractivity (Wildman–Crippen MR) is 77.3 cm³/mol. The van der Waals surface area contributed by atoms with Crippen LogP contribution in [0.2, 0.25) is 5.02 Å². The van der Waals surface area contributed by atoms with E-state index in [-0.39, 0.29) is 5.78 Å². The van der Waals surface area contributed by atoms with Gasteiger partial charge in [-0.3, -0.25) is 4.79 Å². The van der Waals surface area contributed by atoms with Gasteiger partial charge >= 0.3 is 0 Å². The van der Waals surface area contributed by atoms with E-state index in [9.17, 15) is 4.79 Å². The second-order valence-electron chi connectivity index (χ2n) is 5.57. The lowest BCUT2D eigenvalue weighted by molar-refractivity contribution is -0.128. The highest BCUT2D eigenvalue weighted by molar-refractivity contribution is 6.31. The molecule has 0 saturated heterocycles. The monoisotopic (exact) mass is 279 g/mol. The fraction of sp³-hybridized carbons (Fsp3) is 0.562. The van der Waals surface area contributed by atoms with Crippen LogP contribution < -0.4 is 5.32 Å². The van der Waals surface area contributed by atoms with E-state index in [1.807, 2.05) is 18.2 Å². The van der Waals surface area contributed by atoms with E-state index in [0.29, 0.717) is 30.2 Å². The van der Waals surface area contributed by atoms with Crippen molar-refractivity contribution in [1.82, 2.24) is 5.32 Å². The first kappa shape index (κ1) is 10.9. The Morgan fingerprint density at radius 1 is 1.37 bits per heavy atom. The van der Waals surface area contributed by atoms with Crippen LogP contribution in [0.25, 0.3) is 0 Å². The second-order valence-corrected chi connectivity index (χ2v) is 5.98. The van der Waals surface area contributed by atoms with Gasteiger partial charge in [-0.25, -0.2) is 0 Å². The summed E-state index contributed by atoms with van der Waals surface area (Å²) >= 11 is 6.32. The zero-order chi connectivity index (χ0) is 15.1. The molecule has 2 saturated carbocycles. The van der Waals surface area contributed by atoms with Crippen molar-refractivity contribution >= 4 is 17.4 Å². The minimum atomic E-state index is -1.78. The summed E-state index contributed by atoms with van der Waals surface area (Å²) in [5.74, 6) is 0.250. The molecule has 0 unspecified atom stereocenters. The number of ketones is 1. The molecule has 2 nitrogen and oxygen atoms in total. The maximum atomic E-state index is 12.9. The van der Waals surface area contributed by atoms with Crippen LogP contribution in [0, 0.1) is 5.92 Å². The zero-order valence-electron chi connectivity index (χ0n) is 12.9. The van der Waals surface area contributed by atoms with Crippen LogP contribution in [0.15, 0.2) is 24.3 Å². The van der Waals surface area contributed by atoms with Gasteiger partial charge in [-0.2, -0.15) is 0 Å². The van der Waals surface area contributed by atoms with Crippen LogP contribution in [-0.4, -0.2) is 12.3 Å². The molecular formula is C16H20ClNO. The molecule has 2 fully saturated rings. The van der Waals surface area contributed by atoms with Crippen molar-refractivity contribution in [3.05, 3.63) is 34.9 Å². The Labute approximate surface area is 122 Å². The molecule has 0 amide bonds. The molecule has 1 N–H and O–H groups in total. The Morgan fingerprint density at radius 3 is 2.89 bits per heavy atom. The minimum absolute atomic E-state index is 0.295. The van der Waals surface area contributed by atoms with Gasteiger partial charge in [-0.15, -0.1) is 0 Å². The summed E-state index contributed by atoms with van der Waals surface area (Å²) in [7, 11) is 0. The molecule has 0 spiro atoms. The number of benzene rings is 1. The van der Waals surface area contributed by atoms with E-state index in [0.717, 1.165) is 12.1 Å². The number of rotatable bonds is 4. The summed E-state index contributed by atoms with van der Waals surface area (Å²) in [6.07, 6.45) is 2.18. The lowest BCUT2D eigenvalue weighted by Crippen LogP contribution is -2.51. The van der Waals surface area contributed by atoms with E-state index >= 15 is 0 Å². The molecule has 0 radical (unpaired) electrons. The van der Waals surface area contributed by atoms with E-state index in [1.165, 1.54) is 12.8 Å². The third kappa shape index (κ3) is 2.56. The van der Waals surface area contributed by atoms with Gasteiger partial charge in [0.25, 0.3) is 0 Å². The first-order valence-corrected chi connectivity index (χ1v) is 7.38. The molecule has 0 bridgehead atoms. The number of hydrogen-bond acceptors (Lipinski definition) is 2. The van der Waals surface area contributed by atoms with E-state index in [4.69, 9.17) is 14.3 Å². The first-order chi connectivity index (χ1) is 9.96. The number of carbonyl (C=O) groups is 1. The standard InChI is InChI=1S/C16H20ClNO/c17-14-6-2-1-5-13(14)16(18-11-12-8-9-12)10-4-3-7-15(16)19/h1-2,5-6,12,18H,3-4,7-11H2/t16-/m0/s1/i7D2. The summed E-state index contributed by atoms with van der Waals surface area (Å²) in [4.78, 5) is 12.9. The van der Waals surface area contributed by atoms with Crippen molar-refractivity contribution in [2.24, 2.45) is 5.92 Å². The summed E-state index contributed by atoms with van der Waals surface area (Å²) in [6.45, 7) is 0.757. The Morgan fingerprint density at radius 2 is 2.16 bits per heavy atom. The molecule has 1 aromatic carbocycles. The Kier molecular flexibility index (Phi) is 3.01. The molecule has 102 valence electrons. The number of hydrogen-bond donors (Lipinski definition) is 1. The fourth-order valence-corrected chi connectivity index (χ4v) is 3.09. The first-order valence-electron chi connectivity index (χ1n) is 8.01. The minimum Gasteiger partial charge on any atom is -0.301 e. The van der Waals surface area contributed by atoms with Crippen LogP contribution >= 0.6 is 11.6 Å². The number of carbonyl (C=O) groups excluding carboxylic acids is 1. The smallest absolute Gasteiger partial charge is 0.157 e. The Bertz CT molecular complexity index is 559. The zero-order valence-corrected chi connectivity index (χ0v) is 11.7. The van der Waals surface area contributed by atoms with Crippen LogP contribution in [-0.2, 0) is 10.3 Å². The number of Topliss-reactive ketones (excluding diaryl/α,β-unsaturated/α-hetero) is 1. The van der Waals surface area contributed by atoms with E-state index < -0.39 is 11.9 Å². The van der Waals surface area contributed by atoms with Crippen molar-refractivity contribution in [2.45, 2.75) is 44.0 Å². The molecular weight excluding hydrogens is 258 g/mol. The lowest BCUT2D eigenvalue weighted by atomic mass is 9.75. The molecule has 3 heteroatoms. The maximum Gasteiger partial charge on any atom is 0.157 e. The van der Waals surface area contributed by atoms with Crippen molar-refractivity contribution in [2.75, 3.05) is 6.54 Å². The third-order valence-corrected chi connectivity index (χ3v) is 4.45. The van der Waals surface area contributed by atoms with Gasteiger partial charge < -0.3 is 5.32 Å². The highest BCUT2D eigenvalue weighted by atomic mass is 35.5. The summed E-state index contributed by atoms with van der Waals surface area (Å²) in [5, 5.41) is 3.92. The topological polar surface area (TPSA) is 29.1 Å². The maximum absolute atomic E-state index is 12.9. The van der Waals surface area contributed by atoms with Crippen molar-refractivity contribution < 1.29 is 7.54 Å². The van der Waals surface area contributed by atoms with Crippen LogP contribution in [0.3, 0.4) is 0 Å². The fourth-order valence-electron chi connectivity index (χ4n) is 2.79. The van der Waals surface area contributed by atoms with Gasteiger partial charge in [0.1, 0.15) is 5.54 Å². The molecule has 3 rings (SSSR count). The average molecular weight is 280 g/mol. The molecule has 0 aromatic heterocycles. The molecule has 2 aliphatic carbocycles. The summed E-state index contributed by atoms with van der Waals surface area (Å²) in [5.41, 5.74) is -0.247. The molecule has 19 heavy (non-hydrogen) atoms. The van der Waals surface area contributed by atoms with E-state index in [1.54, 1.807) is 6.07 Å². The molecule has 2 aliphatic rings. The van der Waals surface area contributed by atoms with Crippen LogP contribution in [0.4, 0.5) is 0 Å². The van der Waals surface area contributed by atoms with Crippen molar-refractivity contribution in [1.29, 1.82) is 0 Å². The van der Waals surface area contributed by atoms with Gasteiger partial charge in [-0.1, -0.05) is 36.2 Å². The Balaban J connectivity index is 2.01. The van der Waals surface area contributed by atoms with Crippen LogP contribution in [0.1, 0.15) is 46.8 Å². The molecule has 0 aliphatic heterocycles. The number of halogens is 1. The highest BCUT2D eigenvalue weighted by Crippen LogP contribution is 2.39. The summed E-state index contributed by atoms with van der Waals surface area (Å²) < 4.78 is 16.1. The summed E-state index contributed by atoms with van der Waals surface area (Å²) in [6, 6.07) is 7.32. The van der Waals surface area contributed by atoms with Crippen LogP contribution in [0.5, 0.6) is 0 Å². The Hall–Kier alpha value is -0.860. The molecule has 1 atom stereocenters. The average Bonchev–Trinajstić information content (AvgIpc) is 3.26. The quantitative estimate of drug-likeness (QED) is 0.911. The largest absolute Gasteiger partial charge is 0.301 e.